The van der Waals surface area contributed by atoms with E-state index in [9.17, 15) is 4.79 Å². The van der Waals surface area contributed by atoms with Gasteiger partial charge in [0.05, 0.1) is 6.61 Å². The number of aliphatic imine (C=N–C) groups is 1. The van der Waals surface area contributed by atoms with Crippen molar-refractivity contribution in [3.63, 3.8) is 0 Å². The first kappa shape index (κ1) is 21.0. The highest BCUT2D eigenvalue weighted by Crippen LogP contribution is 2.18. The number of likely N-dealkylation sites (N-methyl/N-ethyl adjacent to an activating group) is 1. The number of aryl methyl sites for hydroxylation is 1. The average Bonchev–Trinajstić information content (AvgIpc) is 2.66. The van der Waals surface area contributed by atoms with Crippen LogP contribution in [0.5, 0.6) is 0 Å². The average molecular weight is 377 g/mol. The number of carbonyl (C=O) groups excluding carboxylic acids is 1. The Hall–Kier alpha value is -2.35. The van der Waals surface area contributed by atoms with Crippen LogP contribution in [-0.2, 0) is 9.53 Å². The number of piperidine rings is 1. The zero-order chi connectivity index (χ0) is 19.6. The van der Waals surface area contributed by atoms with Crippen molar-refractivity contribution in [1.29, 1.82) is 0 Å². The standard InChI is InChI=1S/C19H32N6O2/c1-15-6-5-7-17(22-15)25-11-8-16(9-12-25)23-19(20-10-13-27-4)21-14-18(26)24(2)3/h5-7,16H,8-14H2,1-4H3,(H2,20,21,23). The van der Waals surface area contributed by atoms with E-state index >= 15 is 0 Å². The van der Waals surface area contributed by atoms with Gasteiger partial charge in [0, 0.05) is 52.6 Å². The molecule has 2 heterocycles. The van der Waals surface area contributed by atoms with Crippen LogP contribution in [0.3, 0.4) is 0 Å². The Balaban J connectivity index is 1.89. The maximum Gasteiger partial charge on any atom is 0.243 e. The zero-order valence-electron chi connectivity index (χ0n) is 16.9. The van der Waals surface area contributed by atoms with Gasteiger partial charge < -0.3 is 25.2 Å². The number of anilines is 1. The molecule has 0 aromatic carbocycles. The van der Waals surface area contributed by atoms with Gasteiger partial charge in [-0.25, -0.2) is 9.98 Å². The summed E-state index contributed by atoms with van der Waals surface area (Å²) in [6, 6.07) is 6.44. The molecule has 1 fully saturated rings. The number of amides is 1. The van der Waals surface area contributed by atoms with Gasteiger partial charge in [-0.05, 0) is 31.9 Å². The van der Waals surface area contributed by atoms with Crippen molar-refractivity contribution < 1.29 is 9.53 Å². The van der Waals surface area contributed by atoms with Crippen LogP contribution in [0.15, 0.2) is 23.2 Å². The lowest BCUT2D eigenvalue weighted by molar-refractivity contribution is -0.127. The molecule has 8 heteroatoms. The van der Waals surface area contributed by atoms with Crippen LogP contribution in [0, 0.1) is 6.92 Å². The minimum atomic E-state index is -0.0248. The van der Waals surface area contributed by atoms with E-state index in [4.69, 9.17) is 4.74 Å². The minimum Gasteiger partial charge on any atom is -0.383 e. The lowest BCUT2D eigenvalue weighted by Gasteiger charge is -2.34. The fraction of sp³-hybridized carbons (Fsp3) is 0.632. The third kappa shape index (κ3) is 7.05. The molecular formula is C19H32N6O2. The van der Waals surface area contributed by atoms with Crippen molar-refractivity contribution in [3.8, 4) is 0 Å². The van der Waals surface area contributed by atoms with E-state index in [0.29, 0.717) is 25.2 Å². The molecule has 0 atom stereocenters. The second-order valence-corrected chi connectivity index (χ2v) is 6.92. The van der Waals surface area contributed by atoms with E-state index in [1.165, 1.54) is 0 Å². The number of guanidine groups is 1. The zero-order valence-corrected chi connectivity index (χ0v) is 16.9. The Kier molecular flexibility index (Phi) is 8.32. The summed E-state index contributed by atoms with van der Waals surface area (Å²) in [5.74, 6) is 1.68. The Bertz CT molecular complexity index is 626. The molecule has 0 aliphatic carbocycles. The summed E-state index contributed by atoms with van der Waals surface area (Å²) in [5, 5.41) is 6.69. The number of pyridine rings is 1. The van der Waals surface area contributed by atoms with E-state index in [-0.39, 0.29) is 12.5 Å². The second kappa shape index (κ2) is 10.7. The third-order valence-electron chi connectivity index (χ3n) is 4.50. The van der Waals surface area contributed by atoms with Gasteiger partial charge in [-0.15, -0.1) is 0 Å². The van der Waals surface area contributed by atoms with Gasteiger partial charge in [0.15, 0.2) is 5.96 Å². The smallest absolute Gasteiger partial charge is 0.243 e. The van der Waals surface area contributed by atoms with Crippen molar-refractivity contribution >= 4 is 17.7 Å². The molecule has 8 nitrogen and oxygen atoms in total. The number of hydrogen-bond donors (Lipinski definition) is 2. The van der Waals surface area contributed by atoms with Crippen LogP contribution in [-0.4, -0.2) is 81.8 Å². The predicted octanol–water partition coefficient (Wildman–Crippen LogP) is 0.629. The predicted molar refractivity (Wildman–Crippen MR) is 108 cm³/mol. The summed E-state index contributed by atoms with van der Waals surface area (Å²) in [6.45, 7) is 5.25. The maximum absolute atomic E-state index is 11.8. The SMILES string of the molecule is COCCNC(=NCC(=O)N(C)C)NC1CCN(c2cccc(C)n2)CC1. The van der Waals surface area contributed by atoms with Crippen LogP contribution < -0.4 is 15.5 Å². The Morgan fingerprint density at radius 1 is 1.37 bits per heavy atom. The van der Waals surface area contributed by atoms with Crippen LogP contribution in [0.1, 0.15) is 18.5 Å². The molecule has 1 aliphatic heterocycles. The molecule has 2 rings (SSSR count). The lowest BCUT2D eigenvalue weighted by Crippen LogP contribution is -2.49. The molecule has 0 bridgehead atoms. The van der Waals surface area contributed by atoms with Crippen LogP contribution in [0.25, 0.3) is 0 Å². The summed E-state index contributed by atoms with van der Waals surface area (Å²) in [7, 11) is 5.13. The number of ether oxygens (including phenoxy) is 1. The topological polar surface area (TPSA) is 82.1 Å². The highest BCUT2D eigenvalue weighted by molar-refractivity contribution is 5.84. The highest BCUT2D eigenvalue weighted by Gasteiger charge is 2.21. The quantitative estimate of drug-likeness (QED) is 0.413. The summed E-state index contributed by atoms with van der Waals surface area (Å²) < 4.78 is 5.08. The van der Waals surface area contributed by atoms with E-state index < -0.39 is 0 Å². The van der Waals surface area contributed by atoms with Crippen molar-refractivity contribution in [3.05, 3.63) is 23.9 Å². The fourth-order valence-corrected chi connectivity index (χ4v) is 2.86. The number of rotatable bonds is 7. The minimum absolute atomic E-state index is 0.0248. The maximum atomic E-state index is 11.8. The van der Waals surface area contributed by atoms with Gasteiger partial charge >= 0.3 is 0 Å². The second-order valence-electron chi connectivity index (χ2n) is 6.92. The molecule has 1 aliphatic rings. The summed E-state index contributed by atoms with van der Waals surface area (Å²) in [5.41, 5.74) is 1.04. The molecule has 1 amide bonds. The van der Waals surface area contributed by atoms with E-state index in [2.05, 4.69) is 31.6 Å². The molecule has 0 radical (unpaired) electrons. The number of nitrogens with one attached hydrogen (secondary N) is 2. The fourth-order valence-electron chi connectivity index (χ4n) is 2.86. The van der Waals surface area contributed by atoms with Crippen molar-refractivity contribution in [2.24, 2.45) is 4.99 Å². The molecule has 1 saturated heterocycles. The van der Waals surface area contributed by atoms with E-state index in [0.717, 1.165) is 37.4 Å². The lowest BCUT2D eigenvalue weighted by atomic mass is 10.1. The number of carbonyl (C=O) groups is 1. The molecule has 1 aromatic heterocycles. The van der Waals surface area contributed by atoms with E-state index in [1.54, 1.807) is 26.1 Å². The van der Waals surface area contributed by atoms with Gasteiger partial charge in [0.1, 0.15) is 12.4 Å². The van der Waals surface area contributed by atoms with E-state index in [1.807, 2.05) is 19.1 Å². The van der Waals surface area contributed by atoms with Crippen molar-refractivity contribution in [2.75, 3.05) is 58.9 Å². The highest BCUT2D eigenvalue weighted by atomic mass is 16.5. The number of nitrogens with zero attached hydrogens (tertiary/aromatic N) is 4. The largest absolute Gasteiger partial charge is 0.383 e. The Morgan fingerprint density at radius 3 is 2.74 bits per heavy atom. The number of aromatic nitrogens is 1. The Labute approximate surface area is 162 Å². The van der Waals surface area contributed by atoms with Gasteiger partial charge in [0.25, 0.3) is 0 Å². The number of methoxy groups -OCH3 is 1. The van der Waals surface area contributed by atoms with Crippen LogP contribution in [0.2, 0.25) is 0 Å². The molecule has 27 heavy (non-hydrogen) atoms. The first-order chi connectivity index (χ1) is 13.0. The van der Waals surface area contributed by atoms with Crippen molar-refractivity contribution in [1.82, 2.24) is 20.5 Å². The van der Waals surface area contributed by atoms with Gasteiger partial charge in [-0.3, -0.25) is 4.79 Å². The van der Waals surface area contributed by atoms with Crippen LogP contribution >= 0.6 is 0 Å². The molecule has 0 saturated carbocycles. The molecule has 0 spiro atoms. The third-order valence-corrected chi connectivity index (χ3v) is 4.50. The molecule has 150 valence electrons. The molecule has 2 N–H and O–H groups in total. The summed E-state index contributed by atoms with van der Waals surface area (Å²) in [4.78, 5) is 24.7. The Morgan fingerprint density at radius 2 is 2.11 bits per heavy atom. The van der Waals surface area contributed by atoms with Gasteiger partial charge in [-0.2, -0.15) is 0 Å². The van der Waals surface area contributed by atoms with Gasteiger partial charge in [0.2, 0.25) is 5.91 Å². The monoisotopic (exact) mass is 376 g/mol. The number of hydrogen-bond acceptors (Lipinski definition) is 5. The van der Waals surface area contributed by atoms with Crippen LogP contribution in [0.4, 0.5) is 5.82 Å². The normalized spacial score (nSPS) is 15.6. The molecule has 1 aromatic rings. The van der Waals surface area contributed by atoms with Gasteiger partial charge in [-0.1, -0.05) is 6.07 Å². The first-order valence-corrected chi connectivity index (χ1v) is 9.42. The summed E-state index contributed by atoms with van der Waals surface area (Å²) in [6.07, 6.45) is 1.98. The van der Waals surface area contributed by atoms with Crippen molar-refractivity contribution in [2.45, 2.75) is 25.8 Å². The first-order valence-electron chi connectivity index (χ1n) is 9.42. The molecule has 0 unspecified atom stereocenters. The molecular weight excluding hydrogens is 344 g/mol. The summed E-state index contributed by atoms with van der Waals surface area (Å²) >= 11 is 0.